The lowest BCUT2D eigenvalue weighted by Crippen LogP contribution is -2.05. The first-order valence-electron chi connectivity index (χ1n) is 5.88. The Morgan fingerprint density at radius 2 is 1.67 bits per heavy atom. The predicted molar refractivity (Wildman–Crippen MR) is 89.8 cm³/mol. The molecule has 21 heavy (non-hydrogen) atoms. The first kappa shape index (κ1) is 16.3. The van der Waals surface area contributed by atoms with Crippen LogP contribution < -0.4 is 9.47 Å². The second kappa shape index (κ2) is 6.81. The number of hydrogen-bond acceptors (Lipinski definition) is 3. The highest BCUT2D eigenvalue weighted by atomic mass is 79.9. The molecule has 0 aliphatic carbocycles. The zero-order valence-corrected chi connectivity index (χ0v) is 15.2. The van der Waals surface area contributed by atoms with E-state index in [2.05, 4.69) is 31.9 Å². The number of benzene rings is 2. The van der Waals surface area contributed by atoms with Crippen LogP contribution in [0.2, 0.25) is 5.02 Å². The number of hydrogen-bond donors (Lipinski definition) is 0. The number of halogens is 3. The third-order valence-electron chi connectivity index (χ3n) is 2.84. The van der Waals surface area contributed by atoms with Crippen LogP contribution in [0.4, 0.5) is 0 Å². The van der Waals surface area contributed by atoms with Gasteiger partial charge in [-0.15, -0.1) is 0 Å². The molecule has 0 aliphatic heterocycles. The highest BCUT2D eigenvalue weighted by Gasteiger charge is 2.18. The van der Waals surface area contributed by atoms with Gasteiger partial charge in [0.15, 0.2) is 5.78 Å². The maximum atomic E-state index is 12.7. The van der Waals surface area contributed by atoms with Crippen molar-refractivity contribution in [2.75, 3.05) is 14.2 Å². The van der Waals surface area contributed by atoms with Crippen molar-refractivity contribution in [3.63, 3.8) is 0 Å². The molecule has 0 bridgehead atoms. The van der Waals surface area contributed by atoms with Gasteiger partial charge in [-0.25, -0.2) is 0 Å². The van der Waals surface area contributed by atoms with Gasteiger partial charge in [-0.3, -0.25) is 4.79 Å². The summed E-state index contributed by atoms with van der Waals surface area (Å²) >= 11 is 12.7. The minimum atomic E-state index is -0.194. The first-order chi connectivity index (χ1) is 9.96. The molecule has 110 valence electrons. The number of rotatable bonds is 4. The van der Waals surface area contributed by atoms with Gasteiger partial charge >= 0.3 is 0 Å². The molecule has 0 fully saturated rings. The van der Waals surface area contributed by atoms with Crippen LogP contribution in [0.15, 0.2) is 39.3 Å². The van der Waals surface area contributed by atoms with Crippen molar-refractivity contribution in [1.29, 1.82) is 0 Å². The van der Waals surface area contributed by atoms with Gasteiger partial charge in [-0.2, -0.15) is 0 Å². The van der Waals surface area contributed by atoms with Crippen LogP contribution in [-0.4, -0.2) is 20.0 Å². The third-order valence-corrected chi connectivity index (χ3v) is 4.14. The largest absolute Gasteiger partial charge is 0.496 e. The molecule has 0 unspecified atom stereocenters. The minimum absolute atomic E-state index is 0.194. The summed E-state index contributed by atoms with van der Waals surface area (Å²) in [7, 11) is 3.05. The fourth-order valence-corrected chi connectivity index (χ4v) is 3.22. The fraction of sp³-hybridized carbons (Fsp3) is 0.133. The molecule has 0 amide bonds. The Morgan fingerprint density at radius 1 is 1.00 bits per heavy atom. The zero-order valence-electron chi connectivity index (χ0n) is 11.2. The van der Waals surface area contributed by atoms with Gasteiger partial charge in [0, 0.05) is 15.1 Å². The van der Waals surface area contributed by atoms with Crippen LogP contribution in [0.3, 0.4) is 0 Å². The average molecular weight is 435 g/mol. The normalized spacial score (nSPS) is 10.3. The second-order valence-electron chi connectivity index (χ2n) is 4.17. The van der Waals surface area contributed by atoms with Crippen molar-refractivity contribution in [1.82, 2.24) is 0 Å². The molecular formula is C15H11Br2ClO3. The highest BCUT2D eigenvalue weighted by molar-refractivity contribution is 9.10. The monoisotopic (exact) mass is 432 g/mol. The number of ketones is 1. The average Bonchev–Trinajstić information content (AvgIpc) is 2.45. The Kier molecular flexibility index (Phi) is 5.30. The molecule has 0 radical (unpaired) electrons. The molecule has 0 aliphatic rings. The summed E-state index contributed by atoms with van der Waals surface area (Å²) in [5, 5.41) is 0.482. The minimum Gasteiger partial charge on any atom is -0.496 e. The van der Waals surface area contributed by atoms with Crippen LogP contribution >= 0.6 is 43.5 Å². The quantitative estimate of drug-likeness (QED) is 0.627. The molecule has 2 aromatic carbocycles. The van der Waals surface area contributed by atoms with Gasteiger partial charge in [0.1, 0.15) is 11.5 Å². The lowest BCUT2D eigenvalue weighted by atomic mass is 10.0. The number of carbonyl (C=O) groups excluding carboxylic acids is 1. The zero-order chi connectivity index (χ0) is 15.6. The van der Waals surface area contributed by atoms with Crippen molar-refractivity contribution in [2.24, 2.45) is 0 Å². The Bertz CT molecular complexity index is 681. The van der Waals surface area contributed by atoms with Crippen LogP contribution in [-0.2, 0) is 0 Å². The van der Waals surface area contributed by atoms with E-state index >= 15 is 0 Å². The van der Waals surface area contributed by atoms with E-state index in [1.165, 1.54) is 14.2 Å². The van der Waals surface area contributed by atoms with E-state index in [1.807, 2.05) is 0 Å². The maximum absolute atomic E-state index is 12.7. The molecule has 3 nitrogen and oxygen atoms in total. The van der Waals surface area contributed by atoms with E-state index in [1.54, 1.807) is 30.3 Å². The lowest BCUT2D eigenvalue weighted by Gasteiger charge is -2.12. The summed E-state index contributed by atoms with van der Waals surface area (Å²) in [5.41, 5.74) is 0.878. The van der Waals surface area contributed by atoms with Crippen molar-refractivity contribution in [3.8, 4) is 11.5 Å². The van der Waals surface area contributed by atoms with Crippen molar-refractivity contribution < 1.29 is 14.3 Å². The van der Waals surface area contributed by atoms with Crippen LogP contribution in [0.25, 0.3) is 0 Å². The van der Waals surface area contributed by atoms with Crippen LogP contribution in [0, 0.1) is 0 Å². The molecule has 0 N–H and O–H groups in total. The van der Waals surface area contributed by atoms with E-state index in [4.69, 9.17) is 21.1 Å². The molecule has 0 heterocycles. The molecule has 0 aromatic heterocycles. The Hall–Kier alpha value is -1.04. The topological polar surface area (TPSA) is 35.5 Å². The number of carbonyl (C=O) groups is 1. The summed E-state index contributed by atoms with van der Waals surface area (Å²) in [5.74, 6) is 0.824. The van der Waals surface area contributed by atoms with Crippen molar-refractivity contribution in [3.05, 3.63) is 55.4 Å². The Labute approximate surface area is 144 Å². The first-order valence-corrected chi connectivity index (χ1v) is 7.85. The van der Waals surface area contributed by atoms with E-state index in [0.29, 0.717) is 32.1 Å². The highest BCUT2D eigenvalue weighted by Crippen LogP contribution is 2.34. The van der Waals surface area contributed by atoms with Gasteiger partial charge in [0.05, 0.1) is 24.3 Å². The van der Waals surface area contributed by atoms with Crippen LogP contribution in [0.5, 0.6) is 11.5 Å². The molecule has 0 saturated carbocycles. The maximum Gasteiger partial charge on any atom is 0.196 e. The number of methoxy groups -OCH3 is 2. The summed E-state index contributed by atoms with van der Waals surface area (Å²) in [4.78, 5) is 12.7. The van der Waals surface area contributed by atoms with E-state index < -0.39 is 0 Å². The Balaban J connectivity index is 2.56. The molecule has 0 atom stereocenters. The molecule has 2 rings (SSSR count). The summed E-state index contributed by atoms with van der Waals surface area (Å²) in [6, 6.07) is 8.38. The molecule has 0 spiro atoms. The summed E-state index contributed by atoms with van der Waals surface area (Å²) in [6.45, 7) is 0. The van der Waals surface area contributed by atoms with Gasteiger partial charge < -0.3 is 9.47 Å². The van der Waals surface area contributed by atoms with Gasteiger partial charge in [0.25, 0.3) is 0 Å². The Morgan fingerprint density at radius 3 is 2.24 bits per heavy atom. The van der Waals surface area contributed by atoms with Gasteiger partial charge in [0.2, 0.25) is 0 Å². The van der Waals surface area contributed by atoms with Gasteiger partial charge in [-0.1, -0.05) is 27.5 Å². The molecule has 2 aromatic rings. The lowest BCUT2D eigenvalue weighted by molar-refractivity contribution is 0.103. The summed E-state index contributed by atoms with van der Waals surface area (Å²) in [6.07, 6.45) is 0. The van der Waals surface area contributed by atoms with E-state index in [9.17, 15) is 4.79 Å². The number of ether oxygens (including phenoxy) is 2. The molecule has 6 heteroatoms. The summed E-state index contributed by atoms with van der Waals surface area (Å²) < 4.78 is 12.0. The van der Waals surface area contributed by atoms with E-state index in [0.717, 1.165) is 4.47 Å². The third kappa shape index (κ3) is 3.59. The smallest absolute Gasteiger partial charge is 0.196 e. The molecular weight excluding hydrogens is 423 g/mol. The molecule has 0 saturated heterocycles. The fourth-order valence-electron chi connectivity index (χ4n) is 1.88. The van der Waals surface area contributed by atoms with Crippen molar-refractivity contribution in [2.45, 2.75) is 0 Å². The predicted octanol–water partition coefficient (Wildman–Crippen LogP) is 5.11. The van der Waals surface area contributed by atoms with Gasteiger partial charge in [-0.05, 0) is 46.3 Å². The SMILES string of the molecule is COc1cc(C(=O)c2cc(Cl)cc(Br)c2)c(OC)cc1Br. The van der Waals surface area contributed by atoms with E-state index in [-0.39, 0.29) is 5.78 Å². The standard InChI is InChI=1S/C15H11Br2ClO3/c1-20-13-7-12(17)14(21-2)6-11(13)15(19)8-3-9(16)5-10(18)4-8/h3-7H,1-2H3. The van der Waals surface area contributed by atoms with Crippen LogP contribution in [0.1, 0.15) is 15.9 Å². The van der Waals surface area contributed by atoms with Crippen molar-refractivity contribution >= 4 is 49.2 Å². The second-order valence-corrected chi connectivity index (χ2v) is 6.38.